The van der Waals surface area contributed by atoms with E-state index in [2.05, 4.69) is 32.6 Å². The van der Waals surface area contributed by atoms with E-state index in [4.69, 9.17) is 14.2 Å². The number of carbonyl (C=O) groups excluding carboxylic acids is 1. The third-order valence-electron chi connectivity index (χ3n) is 8.14. The van der Waals surface area contributed by atoms with Gasteiger partial charge < -0.3 is 14.2 Å². The minimum absolute atomic E-state index is 0.404. The van der Waals surface area contributed by atoms with Gasteiger partial charge in [-0.1, -0.05) is 89.8 Å². The van der Waals surface area contributed by atoms with Gasteiger partial charge in [0.1, 0.15) is 22.8 Å². The van der Waals surface area contributed by atoms with Crippen LogP contribution in [0.1, 0.15) is 132 Å². The van der Waals surface area contributed by atoms with Gasteiger partial charge in [-0.2, -0.15) is 0 Å². The highest BCUT2D eigenvalue weighted by atomic mass is 16.5. The predicted octanol–water partition coefficient (Wildman–Crippen LogP) is 10.5. The average molecular weight is 549 g/mol. The molecule has 0 saturated heterocycles. The number of ether oxygens (including phenoxy) is 3. The number of carbonyl (C=O) groups is 1. The minimum Gasteiger partial charge on any atom is -0.493 e. The molecule has 0 spiro atoms. The van der Waals surface area contributed by atoms with Gasteiger partial charge in [-0.15, -0.1) is 6.58 Å². The van der Waals surface area contributed by atoms with Crippen molar-refractivity contribution in [1.82, 2.24) is 0 Å². The van der Waals surface area contributed by atoms with Gasteiger partial charge in [0.15, 0.2) is 0 Å². The van der Waals surface area contributed by atoms with Crippen molar-refractivity contribution in [3.8, 4) is 17.2 Å². The Labute approximate surface area is 243 Å². The summed E-state index contributed by atoms with van der Waals surface area (Å²) in [5.41, 5.74) is 1.76. The van der Waals surface area contributed by atoms with Crippen LogP contribution in [0.2, 0.25) is 0 Å². The van der Waals surface area contributed by atoms with Crippen molar-refractivity contribution in [2.45, 2.75) is 116 Å². The summed E-state index contributed by atoms with van der Waals surface area (Å²) in [5, 5.41) is 0. The van der Waals surface area contributed by atoms with E-state index in [0.29, 0.717) is 48.4 Å². The van der Waals surface area contributed by atoms with Gasteiger partial charge >= 0.3 is 5.97 Å². The van der Waals surface area contributed by atoms with E-state index in [1.165, 1.54) is 89.0 Å². The smallest absolute Gasteiger partial charge is 0.347 e. The number of esters is 1. The van der Waals surface area contributed by atoms with Gasteiger partial charge in [0.05, 0.1) is 13.2 Å². The van der Waals surface area contributed by atoms with E-state index >= 15 is 0 Å². The second kappa shape index (κ2) is 18.6. The summed E-state index contributed by atoms with van der Waals surface area (Å²) < 4.78 is 17.7. The number of unbranched alkanes of at least 4 members (excludes halogenated alkanes) is 7. The lowest BCUT2D eigenvalue weighted by Crippen LogP contribution is -2.14. The molecular weight excluding hydrogens is 496 g/mol. The monoisotopic (exact) mass is 548 g/mol. The van der Waals surface area contributed by atoms with Crippen LogP contribution in [0.3, 0.4) is 0 Å². The van der Waals surface area contributed by atoms with Crippen LogP contribution < -0.4 is 14.2 Å². The van der Waals surface area contributed by atoms with Crippen molar-refractivity contribution in [2.24, 2.45) is 5.92 Å². The van der Waals surface area contributed by atoms with E-state index in [1.807, 2.05) is 18.2 Å². The molecule has 1 fully saturated rings. The van der Waals surface area contributed by atoms with E-state index in [9.17, 15) is 4.79 Å². The zero-order chi connectivity index (χ0) is 28.4. The number of hydrogen-bond acceptors (Lipinski definition) is 4. The van der Waals surface area contributed by atoms with Crippen molar-refractivity contribution in [3.63, 3.8) is 0 Å². The molecule has 3 rings (SSSR count). The second-order valence-corrected chi connectivity index (χ2v) is 11.4. The second-order valence-electron chi connectivity index (χ2n) is 11.4. The van der Waals surface area contributed by atoms with Gasteiger partial charge in [-0.05, 0) is 80.2 Å². The first-order chi connectivity index (χ1) is 19.6. The van der Waals surface area contributed by atoms with Crippen LogP contribution in [-0.4, -0.2) is 19.2 Å². The van der Waals surface area contributed by atoms with Crippen molar-refractivity contribution in [1.29, 1.82) is 0 Å². The van der Waals surface area contributed by atoms with Crippen LogP contribution in [-0.2, 0) is 0 Å². The summed E-state index contributed by atoms with van der Waals surface area (Å²) in [5.74, 6) is 2.85. The quantitative estimate of drug-likeness (QED) is 0.0758. The van der Waals surface area contributed by atoms with Gasteiger partial charge in [-0.3, -0.25) is 0 Å². The van der Waals surface area contributed by atoms with Crippen LogP contribution in [0.4, 0.5) is 0 Å². The van der Waals surface area contributed by atoms with Crippen LogP contribution in [0.5, 0.6) is 17.2 Å². The lowest BCUT2D eigenvalue weighted by Gasteiger charge is -2.29. The maximum Gasteiger partial charge on any atom is 0.347 e. The topological polar surface area (TPSA) is 44.8 Å². The Bertz CT molecular complexity index is 988. The molecule has 0 aliphatic heterocycles. The molecule has 1 saturated carbocycles. The Morgan fingerprint density at radius 2 is 1.48 bits per heavy atom. The molecule has 0 unspecified atom stereocenters. The average Bonchev–Trinajstić information content (AvgIpc) is 2.98. The molecule has 1 aliphatic rings. The zero-order valence-electron chi connectivity index (χ0n) is 25.1. The Balaban J connectivity index is 1.53. The first kappa shape index (κ1) is 31.8. The van der Waals surface area contributed by atoms with Crippen LogP contribution in [0.25, 0.3) is 0 Å². The molecular formula is C36H52O4. The highest BCUT2D eigenvalue weighted by Crippen LogP contribution is 2.38. The molecule has 0 aromatic heterocycles. The molecule has 1 aliphatic carbocycles. The molecule has 4 nitrogen and oxygen atoms in total. The van der Waals surface area contributed by atoms with Crippen molar-refractivity contribution < 1.29 is 19.0 Å². The summed E-state index contributed by atoms with van der Waals surface area (Å²) in [6, 6.07) is 13.5. The van der Waals surface area contributed by atoms with Gasteiger partial charge in [-0.25, -0.2) is 4.79 Å². The van der Waals surface area contributed by atoms with E-state index in [1.54, 1.807) is 18.2 Å². The Morgan fingerprint density at radius 3 is 2.20 bits per heavy atom. The lowest BCUT2D eigenvalue weighted by molar-refractivity contribution is 0.0730. The maximum atomic E-state index is 13.1. The molecule has 2 aromatic carbocycles. The standard InChI is InChI=1S/C36H52O4/c1-4-7-10-11-12-14-27-38-33-24-25-34(35(28-33)39-26-9-6-3)36(37)40-32-22-20-31(21-23-32)30-18-16-29(17-19-30)15-13-8-5-2/h6,20-25,28-30H,3-5,7-19,26-27H2,1-2H3. The van der Waals surface area contributed by atoms with Crippen molar-refractivity contribution >= 4 is 5.97 Å². The summed E-state index contributed by atoms with van der Waals surface area (Å²) in [6.45, 7) is 9.38. The Kier molecular flexibility index (Phi) is 14.8. The first-order valence-electron chi connectivity index (χ1n) is 16.0. The van der Waals surface area contributed by atoms with Gasteiger partial charge in [0.2, 0.25) is 0 Å². The van der Waals surface area contributed by atoms with Gasteiger partial charge in [0.25, 0.3) is 0 Å². The Hall–Kier alpha value is -2.75. The van der Waals surface area contributed by atoms with Crippen LogP contribution in [0, 0.1) is 5.92 Å². The van der Waals surface area contributed by atoms with Gasteiger partial charge in [0, 0.05) is 6.07 Å². The summed E-state index contributed by atoms with van der Waals surface area (Å²) >= 11 is 0. The highest BCUT2D eigenvalue weighted by Gasteiger charge is 2.22. The number of rotatable bonds is 19. The van der Waals surface area contributed by atoms with Crippen molar-refractivity contribution in [2.75, 3.05) is 13.2 Å². The van der Waals surface area contributed by atoms with Crippen molar-refractivity contribution in [3.05, 3.63) is 66.2 Å². The molecule has 0 atom stereocenters. The maximum absolute atomic E-state index is 13.1. The molecule has 2 aromatic rings. The molecule has 0 bridgehead atoms. The van der Waals surface area contributed by atoms with E-state index in [-0.39, 0.29) is 0 Å². The minimum atomic E-state index is -0.420. The number of benzene rings is 2. The van der Waals surface area contributed by atoms with Crippen LogP contribution in [0.15, 0.2) is 55.1 Å². The molecule has 0 heterocycles. The normalized spacial score (nSPS) is 16.9. The summed E-state index contributed by atoms with van der Waals surface area (Å²) in [6.07, 6.45) is 20.4. The summed E-state index contributed by atoms with van der Waals surface area (Å²) in [4.78, 5) is 13.1. The fourth-order valence-corrected chi connectivity index (χ4v) is 5.64. The largest absolute Gasteiger partial charge is 0.493 e. The molecule has 0 radical (unpaired) electrons. The fourth-order valence-electron chi connectivity index (χ4n) is 5.64. The first-order valence-corrected chi connectivity index (χ1v) is 16.0. The number of hydrogen-bond donors (Lipinski definition) is 0. The SMILES string of the molecule is C=CCCOc1cc(OCCCCCCCC)ccc1C(=O)Oc1ccc(C2CCC(CCCCC)CC2)cc1. The third-order valence-corrected chi connectivity index (χ3v) is 8.14. The van der Waals surface area contributed by atoms with E-state index in [0.717, 1.165) is 12.3 Å². The zero-order valence-corrected chi connectivity index (χ0v) is 25.1. The molecule has 4 heteroatoms. The molecule has 0 amide bonds. The predicted molar refractivity (Wildman–Crippen MR) is 166 cm³/mol. The van der Waals surface area contributed by atoms with Crippen LogP contribution >= 0.6 is 0 Å². The summed E-state index contributed by atoms with van der Waals surface area (Å²) in [7, 11) is 0. The molecule has 0 N–H and O–H groups in total. The lowest BCUT2D eigenvalue weighted by atomic mass is 9.77. The Morgan fingerprint density at radius 1 is 0.800 bits per heavy atom. The highest BCUT2D eigenvalue weighted by molar-refractivity contribution is 5.94. The molecule has 40 heavy (non-hydrogen) atoms. The fraction of sp³-hybridized carbons (Fsp3) is 0.583. The molecule has 220 valence electrons. The van der Waals surface area contributed by atoms with E-state index < -0.39 is 5.97 Å². The third kappa shape index (κ3) is 11.0.